The van der Waals surface area contributed by atoms with Crippen LogP contribution in [0.5, 0.6) is 0 Å². The topological polar surface area (TPSA) is 29.5 Å². The van der Waals surface area contributed by atoms with Gasteiger partial charge in [0, 0.05) is 18.9 Å². The Kier molecular flexibility index (Phi) is 10.2. The number of hydrogen-bond acceptors (Lipinski definition) is 2. The van der Waals surface area contributed by atoms with E-state index in [1.54, 1.807) is 0 Å². The van der Waals surface area contributed by atoms with Crippen LogP contribution in [0.4, 0.5) is 4.39 Å². The van der Waals surface area contributed by atoms with Gasteiger partial charge in [-0.05, 0) is 39.4 Å². The Labute approximate surface area is 118 Å². The number of rotatable bonds is 9. The van der Waals surface area contributed by atoms with Crippen LogP contribution >= 0.6 is 0 Å². The van der Waals surface area contributed by atoms with E-state index in [4.69, 9.17) is 4.43 Å². The van der Waals surface area contributed by atoms with Crippen molar-refractivity contribution in [2.45, 2.75) is 77.3 Å². The first kappa shape index (κ1) is 18.6. The molecule has 0 aromatic rings. The van der Waals surface area contributed by atoms with Crippen LogP contribution in [0.15, 0.2) is 0 Å². The van der Waals surface area contributed by atoms with Crippen LogP contribution in [-0.2, 0) is 4.43 Å². The summed E-state index contributed by atoms with van der Waals surface area (Å²) in [5.41, 5.74) is 0. The fraction of sp³-hybridized carbons (Fsp3) is 0.867. The molecule has 0 aromatic heterocycles. The SMILES string of the molecule is CC(CCCCCC#CC(O)CCF)O[Si](C)(C)C. The maximum absolute atomic E-state index is 11.9. The Morgan fingerprint density at radius 3 is 2.42 bits per heavy atom. The first-order valence-electron chi connectivity index (χ1n) is 7.25. The van der Waals surface area contributed by atoms with E-state index >= 15 is 0 Å². The molecule has 4 heteroatoms. The summed E-state index contributed by atoms with van der Waals surface area (Å²) in [6.45, 7) is 8.27. The van der Waals surface area contributed by atoms with Gasteiger partial charge in [-0.3, -0.25) is 4.39 Å². The van der Waals surface area contributed by atoms with Gasteiger partial charge in [-0.15, -0.1) is 5.92 Å². The summed E-state index contributed by atoms with van der Waals surface area (Å²) in [5.74, 6) is 5.57. The third kappa shape index (κ3) is 13.9. The van der Waals surface area contributed by atoms with E-state index < -0.39 is 21.1 Å². The predicted molar refractivity (Wildman–Crippen MR) is 81.4 cm³/mol. The first-order valence-corrected chi connectivity index (χ1v) is 10.7. The highest BCUT2D eigenvalue weighted by Gasteiger charge is 2.17. The average Bonchev–Trinajstić information content (AvgIpc) is 2.25. The summed E-state index contributed by atoms with van der Waals surface area (Å²) in [7, 11) is -1.40. The molecule has 2 nitrogen and oxygen atoms in total. The molecule has 0 saturated carbocycles. The van der Waals surface area contributed by atoms with Gasteiger partial charge < -0.3 is 9.53 Å². The van der Waals surface area contributed by atoms with E-state index in [1.165, 1.54) is 0 Å². The number of aliphatic hydroxyl groups is 1. The molecule has 0 fully saturated rings. The molecule has 1 N–H and O–H groups in total. The second-order valence-corrected chi connectivity index (χ2v) is 10.4. The summed E-state index contributed by atoms with van der Waals surface area (Å²) in [4.78, 5) is 0. The van der Waals surface area contributed by atoms with Crippen LogP contribution in [0.3, 0.4) is 0 Å². The third-order valence-electron chi connectivity index (χ3n) is 2.62. The highest BCUT2D eigenvalue weighted by Crippen LogP contribution is 2.13. The molecule has 0 aromatic carbocycles. The Morgan fingerprint density at radius 1 is 1.16 bits per heavy atom. The molecule has 0 saturated heterocycles. The Morgan fingerprint density at radius 2 is 1.84 bits per heavy atom. The van der Waals surface area contributed by atoms with Gasteiger partial charge >= 0.3 is 0 Å². The molecule has 0 heterocycles. The molecule has 19 heavy (non-hydrogen) atoms. The zero-order chi connectivity index (χ0) is 14.7. The van der Waals surface area contributed by atoms with Crippen LogP contribution in [0, 0.1) is 11.8 Å². The van der Waals surface area contributed by atoms with Crippen LogP contribution in [0.25, 0.3) is 0 Å². The van der Waals surface area contributed by atoms with Crippen molar-refractivity contribution < 1.29 is 13.9 Å². The van der Waals surface area contributed by atoms with Gasteiger partial charge in [0.2, 0.25) is 0 Å². The lowest BCUT2D eigenvalue weighted by Crippen LogP contribution is -2.30. The van der Waals surface area contributed by atoms with Crippen molar-refractivity contribution in [3.63, 3.8) is 0 Å². The van der Waals surface area contributed by atoms with Crippen LogP contribution < -0.4 is 0 Å². The minimum absolute atomic E-state index is 0.124. The molecule has 0 radical (unpaired) electrons. The molecular formula is C15H29FO2Si. The van der Waals surface area contributed by atoms with Gasteiger partial charge in [-0.1, -0.05) is 18.8 Å². The summed E-state index contributed by atoms with van der Waals surface area (Å²) in [5, 5.41) is 9.21. The first-order chi connectivity index (χ1) is 8.85. The van der Waals surface area contributed by atoms with Gasteiger partial charge in [0.1, 0.15) is 6.10 Å². The molecule has 2 unspecified atom stereocenters. The minimum Gasteiger partial charge on any atom is -0.415 e. The van der Waals surface area contributed by atoms with Crippen molar-refractivity contribution in [1.82, 2.24) is 0 Å². The van der Waals surface area contributed by atoms with Gasteiger partial charge in [-0.25, -0.2) is 0 Å². The third-order valence-corrected chi connectivity index (χ3v) is 3.73. The smallest absolute Gasteiger partial charge is 0.184 e. The number of aliphatic hydroxyl groups excluding tert-OH is 1. The zero-order valence-corrected chi connectivity index (χ0v) is 13.8. The average molecular weight is 288 g/mol. The largest absolute Gasteiger partial charge is 0.415 e. The number of halogens is 1. The van der Waals surface area contributed by atoms with Crippen molar-refractivity contribution in [3.8, 4) is 11.8 Å². The van der Waals surface area contributed by atoms with E-state index in [-0.39, 0.29) is 6.42 Å². The minimum atomic E-state index is -1.40. The summed E-state index contributed by atoms with van der Waals surface area (Å²) >= 11 is 0. The highest BCUT2D eigenvalue weighted by molar-refractivity contribution is 6.69. The Hall–Kier alpha value is -0.373. The van der Waals surface area contributed by atoms with E-state index in [0.29, 0.717) is 6.10 Å². The number of unbranched alkanes of at least 4 members (excludes halogenated alkanes) is 3. The molecule has 0 aliphatic carbocycles. The summed E-state index contributed by atoms with van der Waals surface area (Å²) in [6.07, 6.45) is 4.88. The summed E-state index contributed by atoms with van der Waals surface area (Å²) < 4.78 is 17.8. The summed E-state index contributed by atoms with van der Waals surface area (Å²) in [6, 6.07) is 0. The zero-order valence-electron chi connectivity index (χ0n) is 12.8. The van der Waals surface area contributed by atoms with Crippen LogP contribution in [0.2, 0.25) is 19.6 Å². The van der Waals surface area contributed by atoms with E-state index in [1.807, 2.05) is 0 Å². The fourth-order valence-corrected chi connectivity index (χ4v) is 3.17. The van der Waals surface area contributed by atoms with E-state index in [2.05, 4.69) is 38.4 Å². The molecular weight excluding hydrogens is 259 g/mol. The van der Waals surface area contributed by atoms with E-state index in [9.17, 15) is 9.50 Å². The molecule has 0 rings (SSSR count). The van der Waals surface area contributed by atoms with Gasteiger partial charge in [0.25, 0.3) is 0 Å². The van der Waals surface area contributed by atoms with Crippen molar-refractivity contribution in [2.24, 2.45) is 0 Å². The number of alkyl halides is 1. The number of hydrogen-bond donors (Lipinski definition) is 1. The quantitative estimate of drug-likeness (QED) is 0.396. The maximum atomic E-state index is 11.9. The molecule has 0 spiro atoms. The molecule has 2 atom stereocenters. The maximum Gasteiger partial charge on any atom is 0.184 e. The lowest BCUT2D eigenvalue weighted by molar-refractivity contribution is 0.199. The monoisotopic (exact) mass is 288 g/mol. The lowest BCUT2D eigenvalue weighted by atomic mass is 10.1. The van der Waals surface area contributed by atoms with Crippen molar-refractivity contribution in [3.05, 3.63) is 0 Å². The lowest BCUT2D eigenvalue weighted by Gasteiger charge is -2.23. The molecule has 0 aliphatic rings. The van der Waals surface area contributed by atoms with Crippen molar-refractivity contribution in [1.29, 1.82) is 0 Å². The van der Waals surface area contributed by atoms with Gasteiger partial charge in [-0.2, -0.15) is 0 Å². The van der Waals surface area contributed by atoms with Crippen LogP contribution in [0.1, 0.15) is 45.4 Å². The highest BCUT2D eigenvalue weighted by atomic mass is 28.4. The molecule has 0 amide bonds. The Bertz CT molecular complexity index is 278. The van der Waals surface area contributed by atoms with Gasteiger partial charge in [0.05, 0.1) is 6.67 Å². The predicted octanol–water partition coefficient (Wildman–Crippen LogP) is 3.90. The van der Waals surface area contributed by atoms with Crippen molar-refractivity contribution in [2.75, 3.05) is 6.67 Å². The van der Waals surface area contributed by atoms with Crippen molar-refractivity contribution >= 4 is 8.32 Å². The van der Waals surface area contributed by atoms with Gasteiger partial charge in [0.15, 0.2) is 8.32 Å². The standard InChI is InChI=1S/C15H29FO2Si/c1-14(18-19(2,3)4)10-8-6-5-7-9-11-15(17)12-13-16/h14-15,17H,5-8,10,12-13H2,1-4H3. The second kappa shape index (κ2) is 10.4. The second-order valence-electron chi connectivity index (χ2n) is 5.95. The molecule has 112 valence electrons. The Balaban J connectivity index is 3.50. The molecule has 0 aliphatic heterocycles. The normalized spacial score (nSPS) is 14.6. The van der Waals surface area contributed by atoms with E-state index in [0.717, 1.165) is 32.1 Å². The fourth-order valence-electron chi connectivity index (χ4n) is 1.85. The molecule has 0 bridgehead atoms. The van der Waals surface area contributed by atoms with Crippen LogP contribution in [-0.4, -0.2) is 32.3 Å².